The first-order chi connectivity index (χ1) is 14.2. The van der Waals surface area contributed by atoms with Gasteiger partial charge in [0.2, 0.25) is 0 Å². The number of aromatic nitrogens is 1. The number of aliphatic hydroxyl groups is 1. The monoisotopic (exact) mass is 413 g/mol. The van der Waals surface area contributed by atoms with Gasteiger partial charge in [0.25, 0.3) is 5.91 Å². The average molecular weight is 413 g/mol. The number of nitrogens with two attached hydrogens (primary N) is 1. The maximum Gasteiger partial charge on any atom is 0.339 e. The summed E-state index contributed by atoms with van der Waals surface area (Å²) in [5.74, 6) is -3.99. The molecular formula is C21H17F2N3O4. The van der Waals surface area contributed by atoms with Crippen LogP contribution in [-0.2, 0) is 4.79 Å². The smallest absolute Gasteiger partial charge is 0.339 e. The number of rotatable bonds is 5. The highest BCUT2D eigenvalue weighted by atomic mass is 19.1. The Kier molecular flexibility index (Phi) is 5.74. The quantitative estimate of drug-likeness (QED) is 0.509. The van der Waals surface area contributed by atoms with Crippen LogP contribution in [0, 0.1) is 18.6 Å². The van der Waals surface area contributed by atoms with E-state index in [-0.39, 0.29) is 16.9 Å². The minimum absolute atomic E-state index is 0.101. The van der Waals surface area contributed by atoms with Gasteiger partial charge in [-0.1, -0.05) is 6.07 Å². The Hall–Kier alpha value is -3.85. The summed E-state index contributed by atoms with van der Waals surface area (Å²) in [6.45, 7) is 1.74. The van der Waals surface area contributed by atoms with Crippen molar-refractivity contribution < 1.29 is 28.6 Å². The zero-order valence-electron chi connectivity index (χ0n) is 15.7. The maximum absolute atomic E-state index is 13.3. The van der Waals surface area contributed by atoms with Crippen molar-refractivity contribution in [3.63, 3.8) is 0 Å². The van der Waals surface area contributed by atoms with Gasteiger partial charge in [0, 0.05) is 23.5 Å². The molecule has 0 aliphatic heterocycles. The van der Waals surface area contributed by atoms with Gasteiger partial charge in [-0.15, -0.1) is 0 Å². The first-order valence-electron chi connectivity index (χ1n) is 8.70. The predicted octanol–water partition coefficient (Wildman–Crippen LogP) is 3.29. The molecule has 154 valence electrons. The van der Waals surface area contributed by atoms with Gasteiger partial charge in [-0.05, 0) is 53.9 Å². The predicted molar refractivity (Wildman–Crippen MR) is 106 cm³/mol. The van der Waals surface area contributed by atoms with Crippen LogP contribution in [0.2, 0.25) is 0 Å². The van der Waals surface area contributed by atoms with Gasteiger partial charge >= 0.3 is 5.97 Å². The molecule has 0 saturated carbocycles. The SMILES string of the molecule is Cc1cc(NC(=O)[C@@H](O)c2cc(F)cc(F)c2)ccc1-c1cnc(N)c(C(=O)O)c1. The van der Waals surface area contributed by atoms with Gasteiger partial charge < -0.3 is 21.3 Å². The number of halogens is 2. The van der Waals surface area contributed by atoms with E-state index >= 15 is 0 Å². The van der Waals surface area contributed by atoms with Crippen molar-refractivity contribution in [3.8, 4) is 11.1 Å². The fourth-order valence-electron chi connectivity index (χ4n) is 2.95. The summed E-state index contributed by atoms with van der Waals surface area (Å²) in [4.78, 5) is 27.4. The number of hydrogen-bond acceptors (Lipinski definition) is 5. The summed E-state index contributed by atoms with van der Waals surface area (Å²) < 4.78 is 26.6. The minimum atomic E-state index is -1.77. The highest BCUT2D eigenvalue weighted by Gasteiger charge is 2.20. The number of nitrogen functional groups attached to an aromatic ring is 1. The van der Waals surface area contributed by atoms with Crippen molar-refractivity contribution in [2.45, 2.75) is 13.0 Å². The fraction of sp³-hybridized carbons (Fsp3) is 0.0952. The number of carboxylic acids is 1. The van der Waals surface area contributed by atoms with E-state index in [0.717, 1.165) is 12.1 Å². The fourth-order valence-corrected chi connectivity index (χ4v) is 2.95. The molecule has 1 atom stereocenters. The van der Waals surface area contributed by atoms with E-state index in [1.54, 1.807) is 19.1 Å². The molecule has 2 aromatic carbocycles. The second-order valence-corrected chi connectivity index (χ2v) is 6.59. The highest BCUT2D eigenvalue weighted by Crippen LogP contribution is 2.28. The summed E-state index contributed by atoms with van der Waals surface area (Å²) in [6.07, 6.45) is -0.334. The molecule has 5 N–H and O–H groups in total. The molecule has 30 heavy (non-hydrogen) atoms. The number of aliphatic hydroxyl groups excluding tert-OH is 1. The van der Waals surface area contributed by atoms with Gasteiger partial charge in [-0.25, -0.2) is 18.6 Å². The number of carboxylic acid groups (broad SMARTS) is 1. The first kappa shape index (κ1) is 20.9. The number of aromatic carboxylic acids is 1. The molecule has 0 radical (unpaired) electrons. The zero-order valence-corrected chi connectivity index (χ0v) is 15.7. The lowest BCUT2D eigenvalue weighted by atomic mass is 10.00. The molecular weight excluding hydrogens is 396 g/mol. The van der Waals surface area contributed by atoms with Crippen LogP contribution >= 0.6 is 0 Å². The van der Waals surface area contributed by atoms with Crippen LogP contribution in [-0.4, -0.2) is 27.1 Å². The number of aryl methyl sites for hydroxylation is 1. The van der Waals surface area contributed by atoms with Gasteiger partial charge in [0.15, 0.2) is 6.10 Å². The number of nitrogens with one attached hydrogen (secondary N) is 1. The molecule has 1 aromatic heterocycles. The standard InChI is InChI=1S/C21H17F2N3O4/c1-10-4-15(26-20(28)18(27)11-5-13(22)8-14(23)6-11)2-3-16(10)12-7-17(21(29)30)19(24)25-9-12/h2-9,18,27H,1H3,(H2,24,25)(H,26,28)(H,29,30)/t18-/m0/s1. The molecule has 0 spiro atoms. The van der Waals surface area contributed by atoms with Gasteiger partial charge in [0.05, 0.1) is 0 Å². The molecule has 7 nitrogen and oxygen atoms in total. The molecule has 1 amide bonds. The van der Waals surface area contributed by atoms with Crippen molar-refractivity contribution in [1.29, 1.82) is 0 Å². The van der Waals surface area contributed by atoms with Crippen molar-refractivity contribution in [1.82, 2.24) is 4.98 Å². The lowest BCUT2D eigenvalue weighted by Gasteiger charge is -2.14. The lowest BCUT2D eigenvalue weighted by molar-refractivity contribution is -0.124. The van der Waals surface area contributed by atoms with Crippen LogP contribution in [0.3, 0.4) is 0 Å². The summed E-state index contributed by atoms with van der Waals surface area (Å²) in [6, 6.07) is 8.55. The Morgan fingerprint density at radius 1 is 1.10 bits per heavy atom. The maximum atomic E-state index is 13.3. The Morgan fingerprint density at radius 2 is 1.77 bits per heavy atom. The number of nitrogens with zero attached hydrogens (tertiary/aromatic N) is 1. The number of benzene rings is 2. The Morgan fingerprint density at radius 3 is 2.37 bits per heavy atom. The molecule has 0 fully saturated rings. The van der Waals surface area contributed by atoms with E-state index in [2.05, 4.69) is 10.3 Å². The van der Waals surface area contributed by atoms with Crippen LogP contribution in [0.4, 0.5) is 20.3 Å². The van der Waals surface area contributed by atoms with Crippen molar-refractivity contribution >= 4 is 23.4 Å². The number of hydrogen-bond donors (Lipinski definition) is 4. The Balaban J connectivity index is 1.82. The number of pyridine rings is 1. The minimum Gasteiger partial charge on any atom is -0.478 e. The summed E-state index contributed by atoms with van der Waals surface area (Å²) >= 11 is 0. The number of carbonyl (C=O) groups excluding carboxylic acids is 1. The molecule has 0 bridgehead atoms. The van der Waals surface area contributed by atoms with Crippen LogP contribution in [0.5, 0.6) is 0 Å². The molecule has 0 aliphatic rings. The van der Waals surface area contributed by atoms with Crippen LogP contribution in [0.1, 0.15) is 27.6 Å². The average Bonchev–Trinajstić information content (AvgIpc) is 2.67. The van der Waals surface area contributed by atoms with Crippen LogP contribution in [0.15, 0.2) is 48.7 Å². The van der Waals surface area contributed by atoms with Crippen molar-refractivity contribution in [3.05, 3.63) is 77.0 Å². The summed E-state index contributed by atoms with van der Waals surface area (Å²) in [7, 11) is 0. The third-order valence-corrected chi connectivity index (χ3v) is 4.40. The number of anilines is 2. The first-order valence-corrected chi connectivity index (χ1v) is 8.70. The van der Waals surface area contributed by atoms with E-state index in [0.29, 0.717) is 28.4 Å². The van der Waals surface area contributed by atoms with E-state index in [1.165, 1.54) is 18.3 Å². The molecule has 0 unspecified atom stereocenters. The van der Waals surface area contributed by atoms with Crippen molar-refractivity contribution in [2.24, 2.45) is 0 Å². The summed E-state index contributed by atoms with van der Waals surface area (Å²) in [5.41, 5.74) is 7.42. The molecule has 3 rings (SSSR count). The molecule has 1 heterocycles. The van der Waals surface area contributed by atoms with Gasteiger partial charge in [0.1, 0.15) is 23.0 Å². The molecule has 0 aliphatic carbocycles. The lowest BCUT2D eigenvalue weighted by Crippen LogP contribution is -2.21. The van der Waals surface area contributed by atoms with E-state index in [4.69, 9.17) is 5.73 Å². The van der Waals surface area contributed by atoms with E-state index in [1.807, 2.05) is 0 Å². The van der Waals surface area contributed by atoms with Crippen molar-refractivity contribution in [2.75, 3.05) is 11.1 Å². The van der Waals surface area contributed by atoms with Gasteiger partial charge in [-0.2, -0.15) is 0 Å². The molecule has 3 aromatic rings. The summed E-state index contributed by atoms with van der Waals surface area (Å²) in [5, 5.41) is 21.8. The zero-order chi connectivity index (χ0) is 22.0. The van der Waals surface area contributed by atoms with E-state index in [9.17, 15) is 28.6 Å². The Bertz CT molecular complexity index is 1130. The Labute approximate surface area is 169 Å². The molecule has 9 heteroatoms. The number of carbonyl (C=O) groups is 2. The second-order valence-electron chi connectivity index (χ2n) is 6.59. The van der Waals surface area contributed by atoms with Crippen LogP contribution in [0.25, 0.3) is 11.1 Å². The van der Waals surface area contributed by atoms with Gasteiger partial charge in [-0.3, -0.25) is 4.79 Å². The number of amides is 1. The van der Waals surface area contributed by atoms with E-state index < -0.39 is 29.6 Å². The second kappa shape index (κ2) is 8.26. The highest BCUT2D eigenvalue weighted by molar-refractivity contribution is 5.96. The topological polar surface area (TPSA) is 126 Å². The van der Waals surface area contributed by atoms with Crippen LogP contribution < -0.4 is 11.1 Å². The third-order valence-electron chi connectivity index (χ3n) is 4.40. The molecule has 0 saturated heterocycles. The normalized spacial score (nSPS) is 11.7. The largest absolute Gasteiger partial charge is 0.478 e. The third kappa shape index (κ3) is 4.41.